The molecule has 0 saturated carbocycles. The molecule has 0 aromatic carbocycles. The Morgan fingerprint density at radius 2 is 1.67 bits per heavy atom. The number of nitrogens with one attached hydrogen (secondary N) is 4. The van der Waals surface area contributed by atoms with Gasteiger partial charge in [-0.05, 0) is 19.3 Å². The van der Waals surface area contributed by atoms with E-state index < -0.39 is 54.5 Å². The van der Waals surface area contributed by atoms with Crippen LogP contribution in [0.5, 0.6) is 0 Å². The first-order valence-electron chi connectivity index (χ1n) is 9.52. The number of carboxylic acid groups (broad SMARTS) is 1. The molecule has 8 N–H and O–H groups in total. The highest BCUT2D eigenvalue weighted by Crippen LogP contribution is 2.07. The molecular weight excluding hydrogens is 396 g/mol. The van der Waals surface area contributed by atoms with Crippen LogP contribution >= 0.6 is 0 Å². The normalized spacial score (nSPS) is 15.0. The lowest BCUT2D eigenvalue weighted by molar-refractivity contribution is -0.142. The molecule has 0 saturated heterocycles. The number of aliphatic hydroxyl groups is 1. The Morgan fingerprint density at radius 1 is 1.07 bits per heavy atom. The fourth-order valence-corrected chi connectivity index (χ4v) is 2.55. The summed E-state index contributed by atoms with van der Waals surface area (Å²) < 4.78 is 0. The maximum atomic E-state index is 12.7. The fraction of sp³-hybridized carbons (Fsp3) is 0.611. The Hall–Kier alpha value is -2.99. The van der Waals surface area contributed by atoms with Gasteiger partial charge in [-0.3, -0.25) is 19.2 Å². The highest BCUT2D eigenvalue weighted by molar-refractivity contribution is 5.94. The van der Waals surface area contributed by atoms with Crippen LogP contribution in [0.2, 0.25) is 0 Å². The molecule has 1 aromatic rings. The number of aliphatic carboxylic acids is 1. The molecule has 0 aliphatic rings. The summed E-state index contributed by atoms with van der Waals surface area (Å²) in [5.74, 6) is -3.34. The summed E-state index contributed by atoms with van der Waals surface area (Å²) in [7, 11) is 0. The minimum atomic E-state index is -1.37. The van der Waals surface area contributed by atoms with Gasteiger partial charge in [-0.15, -0.1) is 0 Å². The molecule has 0 aliphatic heterocycles. The quantitative estimate of drug-likeness (QED) is 0.196. The molecule has 30 heavy (non-hydrogen) atoms. The molecule has 1 rings (SSSR count). The molecule has 0 spiro atoms. The summed E-state index contributed by atoms with van der Waals surface area (Å²) in [5, 5.41) is 25.4. The summed E-state index contributed by atoms with van der Waals surface area (Å²) in [6.45, 7) is 4.20. The van der Waals surface area contributed by atoms with Crippen molar-refractivity contribution in [1.82, 2.24) is 25.9 Å². The molecular formula is C18H30N6O6. The molecule has 0 radical (unpaired) electrons. The van der Waals surface area contributed by atoms with E-state index in [1.54, 1.807) is 0 Å². The van der Waals surface area contributed by atoms with Crippen LogP contribution in [0.15, 0.2) is 12.5 Å². The van der Waals surface area contributed by atoms with E-state index in [-0.39, 0.29) is 18.8 Å². The Morgan fingerprint density at radius 3 is 2.17 bits per heavy atom. The standard InChI is InChI=1S/C18H30N6O6/c1-9(2)4-13(23-15(26)12(19)5-11-6-20-8-21-11)16(27)24-14(7-25)17(28)22-10(3)18(29)30/h6,8-10,12-14,25H,4-5,7,19H2,1-3H3,(H,20,21)(H,22,28)(H,23,26)(H,24,27)(H,29,30). The van der Waals surface area contributed by atoms with Gasteiger partial charge < -0.3 is 36.9 Å². The third-order valence-corrected chi connectivity index (χ3v) is 4.22. The van der Waals surface area contributed by atoms with Crippen molar-refractivity contribution in [2.45, 2.75) is 57.8 Å². The average Bonchev–Trinajstić information content (AvgIpc) is 3.17. The predicted octanol–water partition coefficient (Wildman–Crippen LogP) is -2.12. The van der Waals surface area contributed by atoms with E-state index in [0.29, 0.717) is 5.69 Å². The number of aromatic nitrogens is 2. The molecule has 12 nitrogen and oxygen atoms in total. The molecule has 3 amide bonds. The van der Waals surface area contributed by atoms with Gasteiger partial charge in [-0.1, -0.05) is 13.8 Å². The van der Waals surface area contributed by atoms with Crippen molar-refractivity contribution in [2.75, 3.05) is 6.61 Å². The van der Waals surface area contributed by atoms with Gasteiger partial charge in [-0.2, -0.15) is 0 Å². The van der Waals surface area contributed by atoms with E-state index in [1.165, 1.54) is 19.4 Å². The molecule has 168 valence electrons. The van der Waals surface area contributed by atoms with Crippen molar-refractivity contribution in [2.24, 2.45) is 11.7 Å². The minimum absolute atomic E-state index is 0.0262. The molecule has 1 aromatic heterocycles. The van der Waals surface area contributed by atoms with Crippen molar-refractivity contribution in [1.29, 1.82) is 0 Å². The number of hydrogen-bond donors (Lipinski definition) is 7. The van der Waals surface area contributed by atoms with Crippen LogP contribution in [0.4, 0.5) is 0 Å². The van der Waals surface area contributed by atoms with Crippen LogP contribution in [-0.2, 0) is 25.6 Å². The highest BCUT2D eigenvalue weighted by Gasteiger charge is 2.29. The molecule has 12 heteroatoms. The van der Waals surface area contributed by atoms with E-state index in [0.717, 1.165) is 0 Å². The fourth-order valence-electron chi connectivity index (χ4n) is 2.55. The summed E-state index contributed by atoms with van der Waals surface area (Å²) in [6.07, 6.45) is 3.45. The number of aromatic amines is 1. The number of aliphatic hydroxyl groups excluding tert-OH is 1. The number of rotatable bonds is 12. The van der Waals surface area contributed by atoms with Gasteiger partial charge in [-0.25, -0.2) is 4.98 Å². The van der Waals surface area contributed by atoms with Gasteiger partial charge in [0.05, 0.1) is 19.0 Å². The van der Waals surface area contributed by atoms with Gasteiger partial charge >= 0.3 is 5.97 Å². The second-order valence-electron chi connectivity index (χ2n) is 7.39. The number of amides is 3. The number of nitrogens with zero attached hydrogens (tertiary/aromatic N) is 1. The van der Waals surface area contributed by atoms with Crippen molar-refractivity contribution in [3.05, 3.63) is 18.2 Å². The smallest absolute Gasteiger partial charge is 0.325 e. The summed E-state index contributed by atoms with van der Waals surface area (Å²) in [6, 6.07) is -4.50. The first-order chi connectivity index (χ1) is 14.0. The van der Waals surface area contributed by atoms with Gasteiger partial charge in [0, 0.05) is 18.3 Å². The zero-order valence-corrected chi connectivity index (χ0v) is 17.2. The van der Waals surface area contributed by atoms with E-state index in [4.69, 9.17) is 10.8 Å². The molecule has 1 heterocycles. The SMILES string of the molecule is CC(C)CC(NC(=O)C(N)Cc1cnc[nH]1)C(=O)NC(CO)C(=O)NC(C)C(=O)O. The van der Waals surface area contributed by atoms with Crippen molar-refractivity contribution in [3.8, 4) is 0 Å². The van der Waals surface area contributed by atoms with E-state index in [9.17, 15) is 24.3 Å². The highest BCUT2D eigenvalue weighted by atomic mass is 16.4. The van der Waals surface area contributed by atoms with E-state index in [2.05, 4.69) is 25.9 Å². The van der Waals surface area contributed by atoms with E-state index >= 15 is 0 Å². The number of hydrogen-bond acceptors (Lipinski definition) is 7. The molecule has 4 atom stereocenters. The lowest BCUT2D eigenvalue weighted by Gasteiger charge is -2.24. The number of carboxylic acids is 1. The second-order valence-corrected chi connectivity index (χ2v) is 7.39. The monoisotopic (exact) mass is 426 g/mol. The van der Waals surface area contributed by atoms with Gasteiger partial charge in [0.15, 0.2) is 0 Å². The number of H-pyrrole nitrogens is 1. The Labute approximate surface area is 174 Å². The third kappa shape index (κ3) is 8.17. The Kier molecular flexibility index (Phi) is 9.92. The molecule has 0 aliphatic carbocycles. The first-order valence-corrected chi connectivity index (χ1v) is 9.52. The second kappa shape index (κ2) is 11.9. The van der Waals surface area contributed by atoms with Crippen LogP contribution in [0.25, 0.3) is 0 Å². The third-order valence-electron chi connectivity index (χ3n) is 4.22. The van der Waals surface area contributed by atoms with Crippen molar-refractivity contribution in [3.63, 3.8) is 0 Å². The van der Waals surface area contributed by atoms with Gasteiger partial charge in [0.25, 0.3) is 0 Å². The topological polar surface area (TPSA) is 200 Å². The maximum Gasteiger partial charge on any atom is 0.325 e. The average molecular weight is 426 g/mol. The van der Waals surface area contributed by atoms with Crippen LogP contribution in [0.3, 0.4) is 0 Å². The van der Waals surface area contributed by atoms with E-state index in [1.807, 2.05) is 13.8 Å². The lowest BCUT2D eigenvalue weighted by atomic mass is 10.0. The van der Waals surface area contributed by atoms with Crippen molar-refractivity contribution >= 4 is 23.7 Å². The van der Waals surface area contributed by atoms with Crippen LogP contribution in [0.1, 0.15) is 32.9 Å². The van der Waals surface area contributed by atoms with Crippen LogP contribution in [0, 0.1) is 5.92 Å². The molecule has 4 unspecified atom stereocenters. The Balaban J connectivity index is 2.77. The number of imidazole rings is 1. The van der Waals surface area contributed by atoms with Crippen LogP contribution < -0.4 is 21.7 Å². The van der Waals surface area contributed by atoms with Crippen LogP contribution in [-0.4, -0.2) is 74.6 Å². The molecule has 0 bridgehead atoms. The predicted molar refractivity (Wildman–Crippen MR) is 106 cm³/mol. The molecule has 0 fully saturated rings. The summed E-state index contributed by atoms with van der Waals surface area (Å²) in [5.41, 5.74) is 6.55. The number of carbonyl (C=O) groups excluding carboxylic acids is 3. The zero-order chi connectivity index (χ0) is 22.8. The number of nitrogens with two attached hydrogens (primary N) is 1. The van der Waals surface area contributed by atoms with Gasteiger partial charge in [0.1, 0.15) is 18.1 Å². The van der Waals surface area contributed by atoms with Crippen molar-refractivity contribution < 1.29 is 29.4 Å². The zero-order valence-electron chi connectivity index (χ0n) is 17.2. The minimum Gasteiger partial charge on any atom is -0.480 e. The maximum absolute atomic E-state index is 12.7. The lowest BCUT2D eigenvalue weighted by Crippen LogP contribution is -2.58. The summed E-state index contributed by atoms with van der Waals surface area (Å²) >= 11 is 0. The number of carbonyl (C=O) groups is 4. The Bertz CT molecular complexity index is 723. The first kappa shape index (κ1) is 25.0. The van der Waals surface area contributed by atoms with Gasteiger partial charge in [0.2, 0.25) is 17.7 Å². The summed E-state index contributed by atoms with van der Waals surface area (Å²) in [4.78, 5) is 54.7. The largest absolute Gasteiger partial charge is 0.480 e.